The second-order valence-electron chi connectivity index (χ2n) is 6.91. The Morgan fingerprint density at radius 1 is 1.14 bits per heavy atom. The van der Waals surface area contributed by atoms with E-state index in [1.165, 1.54) is 0 Å². The van der Waals surface area contributed by atoms with E-state index in [9.17, 15) is 4.79 Å². The van der Waals surface area contributed by atoms with E-state index in [-0.39, 0.29) is 11.9 Å². The van der Waals surface area contributed by atoms with E-state index in [1.54, 1.807) is 18.3 Å². The maximum absolute atomic E-state index is 12.9. The van der Waals surface area contributed by atoms with E-state index in [0.717, 1.165) is 29.6 Å². The molecule has 1 atom stereocenters. The molecule has 29 heavy (non-hydrogen) atoms. The lowest BCUT2D eigenvalue weighted by molar-refractivity contribution is 0.0162. The Balaban J connectivity index is 1.56. The molecule has 0 aliphatic carbocycles. The molecule has 2 N–H and O–H groups in total. The van der Waals surface area contributed by atoms with Crippen LogP contribution in [0.2, 0.25) is 15.1 Å². The zero-order chi connectivity index (χ0) is 20.4. The van der Waals surface area contributed by atoms with Crippen LogP contribution in [-0.4, -0.2) is 48.6 Å². The maximum atomic E-state index is 12.9. The van der Waals surface area contributed by atoms with E-state index in [2.05, 4.69) is 15.2 Å². The van der Waals surface area contributed by atoms with Crippen molar-refractivity contribution in [2.75, 3.05) is 32.8 Å². The van der Waals surface area contributed by atoms with Gasteiger partial charge in [0, 0.05) is 46.8 Å². The lowest BCUT2D eigenvalue weighted by atomic mass is 10.0. The number of fused-ring (bicyclic) bond motifs is 1. The summed E-state index contributed by atoms with van der Waals surface area (Å²) in [6.45, 7) is 3.20. The van der Waals surface area contributed by atoms with Gasteiger partial charge in [-0.25, -0.2) is 0 Å². The molecular weight excluding hydrogens is 433 g/mol. The van der Waals surface area contributed by atoms with Gasteiger partial charge in [0.05, 0.1) is 29.8 Å². The molecule has 8 heteroatoms. The van der Waals surface area contributed by atoms with E-state index in [1.807, 2.05) is 24.3 Å². The molecule has 0 spiro atoms. The van der Waals surface area contributed by atoms with Crippen molar-refractivity contribution in [3.63, 3.8) is 0 Å². The molecule has 0 saturated carbocycles. The average Bonchev–Trinajstić information content (AvgIpc) is 3.20. The first-order chi connectivity index (χ1) is 14.0. The highest BCUT2D eigenvalue weighted by Crippen LogP contribution is 2.31. The lowest BCUT2D eigenvalue weighted by Crippen LogP contribution is -2.44. The minimum Gasteiger partial charge on any atom is -0.379 e. The number of benzene rings is 2. The number of halogens is 3. The predicted molar refractivity (Wildman–Crippen MR) is 117 cm³/mol. The van der Waals surface area contributed by atoms with Crippen LogP contribution in [0.15, 0.2) is 42.6 Å². The lowest BCUT2D eigenvalue weighted by Gasteiger charge is -2.35. The Bertz CT molecular complexity index is 1030. The van der Waals surface area contributed by atoms with E-state index in [0.29, 0.717) is 40.4 Å². The van der Waals surface area contributed by atoms with E-state index < -0.39 is 0 Å². The first-order valence-corrected chi connectivity index (χ1v) is 10.5. The molecule has 4 rings (SSSR count). The number of hydrogen-bond acceptors (Lipinski definition) is 3. The maximum Gasteiger partial charge on any atom is 0.252 e. The van der Waals surface area contributed by atoms with Crippen molar-refractivity contribution >= 4 is 51.6 Å². The van der Waals surface area contributed by atoms with Gasteiger partial charge < -0.3 is 15.0 Å². The fourth-order valence-corrected chi connectivity index (χ4v) is 4.50. The van der Waals surface area contributed by atoms with Gasteiger partial charge in [-0.1, -0.05) is 40.9 Å². The zero-order valence-electron chi connectivity index (χ0n) is 15.6. The molecule has 1 aromatic heterocycles. The highest BCUT2D eigenvalue weighted by Gasteiger charge is 2.26. The third kappa shape index (κ3) is 4.39. The number of amides is 1. The van der Waals surface area contributed by atoms with Crippen LogP contribution in [0, 0.1) is 0 Å². The molecule has 0 radical (unpaired) electrons. The zero-order valence-corrected chi connectivity index (χ0v) is 17.8. The summed E-state index contributed by atoms with van der Waals surface area (Å²) >= 11 is 19.0. The number of ether oxygens (including phenoxy) is 1. The quantitative estimate of drug-likeness (QED) is 0.577. The summed E-state index contributed by atoms with van der Waals surface area (Å²) in [4.78, 5) is 18.2. The van der Waals surface area contributed by atoms with Gasteiger partial charge in [0.2, 0.25) is 0 Å². The Kier molecular flexibility index (Phi) is 6.32. The van der Waals surface area contributed by atoms with Crippen LogP contribution >= 0.6 is 34.8 Å². The molecule has 2 aromatic carbocycles. The third-order valence-corrected chi connectivity index (χ3v) is 6.15. The summed E-state index contributed by atoms with van der Waals surface area (Å²) in [5.74, 6) is -0.221. The van der Waals surface area contributed by atoms with Crippen molar-refractivity contribution in [3.8, 4) is 0 Å². The number of aromatic nitrogens is 1. The van der Waals surface area contributed by atoms with Crippen LogP contribution < -0.4 is 5.32 Å². The molecule has 0 bridgehead atoms. The smallest absolute Gasteiger partial charge is 0.252 e. The van der Waals surface area contributed by atoms with Crippen molar-refractivity contribution in [1.29, 1.82) is 0 Å². The number of rotatable bonds is 5. The number of aromatic amines is 1. The van der Waals surface area contributed by atoms with Crippen LogP contribution in [-0.2, 0) is 4.74 Å². The van der Waals surface area contributed by atoms with Crippen molar-refractivity contribution in [1.82, 2.24) is 15.2 Å². The number of nitrogens with one attached hydrogen (secondary N) is 2. The SMILES string of the molecule is O=C(NCC(c1ccc(Cl)cc1Cl)N1CCOCC1)c1ccc2[nH]ccc2c1Cl. The van der Waals surface area contributed by atoms with Crippen LogP contribution in [0.3, 0.4) is 0 Å². The third-order valence-electron chi connectivity index (χ3n) is 5.18. The van der Waals surface area contributed by atoms with Crippen LogP contribution in [0.5, 0.6) is 0 Å². The number of carbonyl (C=O) groups excluding carboxylic acids is 1. The molecule has 1 saturated heterocycles. The van der Waals surface area contributed by atoms with Gasteiger partial charge in [-0.05, 0) is 35.9 Å². The number of hydrogen-bond donors (Lipinski definition) is 2. The molecule has 1 aliphatic heterocycles. The molecule has 2 heterocycles. The van der Waals surface area contributed by atoms with Crippen molar-refractivity contribution in [2.24, 2.45) is 0 Å². The molecule has 5 nitrogen and oxygen atoms in total. The summed E-state index contributed by atoms with van der Waals surface area (Å²) in [7, 11) is 0. The second kappa shape index (κ2) is 8.94. The van der Waals surface area contributed by atoms with E-state index >= 15 is 0 Å². The summed E-state index contributed by atoms with van der Waals surface area (Å²) in [5, 5.41) is 5.45. The van der Waals surface area contributed by atoms with Gasteiger partial charge >= 0.3 is 0 Å². The molecule has 1 unspecified atom stereocenters. The molecule has 152 valence electrons. The van der Waals surface area contributed by atoms with Crippen LogP contribution in [0.25, 0.3) is 10.9 Å². The summed E-state index contributed by atoms with van der Waals surface area (Å²) < 4.78 is 5.48. The number of H-pyrrole nitrogens is 1. The van der Waals surface area contributed by atoms with Gasteiger partial charge in [0.25, 0.3) is 5.91 Å². The predicted octanol–water partition coefficient (Wildman–Crippen LogP) is 4.93. The van der Waals surface area contributed by atoms with Crippen LogP contribution in [0.1, 0.15) is 22.0 Å². The standard InChI is InChI=1S/C21H20Cl3N3O2/c22-13-1-2-14(17(23)11-13)19(27-7-9-29-10-8-27)12-26-21(28)16-3-4-18-15(20(16)24)5-6-25-18/h1-6,11,19,25H,7-10,12H2,(H,26,28). The van der Waals surface area contributed by atoms with Gasteiger partial charge in [-0.15, -0.1) is 0 Å². The highest BCUT2D eigenvalue weighted by molar-refractivity contribution is 6.38. The largest absolute Gasteiger partial charge is 0.379 e. The first kappa shape index (κ1) is 20.5. The van der Waals surface area contributed by atoms with Gasteiger partial charge in [0.1, 0.15) is 0 Å². The fraction of sp³-hybridized carbons (Fsp3) is 0.286. The van der Waals surface area contributed by atoms with Gasteiger partial charge in [0.15, 0.2) is 0 Å². The minimum absolute atomic E-state index is 0.0950. The molecule has 1 amide bonds. The summed E-state index contributed by atoms with van der Waals surface area (Å²) in [6, 6.07) is 10.8. The highest BCUT2D eigenvalue weighted by atomic mass is 35.5. The monoisotopic (exact) mass is 451 g/mol. The molecular formula is C21H20Cl3N3O2. The molecule has 3 aromatic rings. The summed E-state index contributed by atoms with van der Waals surface area (Å²) in [5.41, 5.74) is 2.26. The van der Waals surface area contributed by atoms with Crippen molar-refractivity contribution in [2.45, 2.75) is 6.04 Å². The Morgan fingerprint density at radius 3 is 2.69 bits per heavy atom. The Labute approximate surface area is 183 Å². The number of morpholine rings is 1. The Hall–Kier alpha value is -1.76. The van der Waals surface area contributed by atoms with Gasteiger partial charge in [-0.3, -0.25) is 9.69 Å². The molecule has 1 aliphatic rings. The number of nitrogens with zero attached hydrogens (tertiary/aromatic N) is 1. The van der Waals surface area contributed by atoms with Crippen molar-refractivity contribution < 1.29 is 9.53 Å². The minimum atomic E-state index is -0.221. The normalized spacial score (nSPS) is 16.1. The number of carbonyl (C=O) groups is 1. The van der Waals surface area contributed by atoms with Gasteiger partial charge in [-0.2, -0.15) is 0 Å². The van der Waals surface area contributed by atoms with Crippen LogP contribution in [0.4, 0.5) is 0 Å². The van der Waals surface area contributed by atoms with Crippen molar-refractivity contribution in [3.05, 3.63) is 68.8 Å². The fourth-order valence-electron chi connectivity index (χ4n) is 3.65. The summed E-state index contributed by atoms with van der Waals surface area (Å²) in [6.07, 6.45) is 1.80. The first-order valence-electron chi connectivity index (χ1n) is 9.35. The molecule has 1 fully saturated rings. The van der Waals surface area contributed by atoms with E-state index in [4.69, 9.17) is 39.5 Å². The topological polar surface area (TPSA) is 57.4 Å². The Morgan fingerprint density at radius 2 is 1.93 bits per heavy atom. The average molecular weight is 453 g/mol. The second-order valence-corrected chi connectivity index (χ2v) is 8.13.